The fourth-order valence-corrected chi connectivity index (χ4v) is 4.76. The average Bonchev–Trinajstić information content (AvgIpc) is 3.09. The van der Waals surface area contributed by atoms with Crippen molar-refractivity contribution in [2.75, 3.05) is 31.1 Å². The lowest BCUT2D eigenvalue weighted by Gasteiger charge is -2.37. The number of hydrogen-bond donors (Lipinski definition) is 1. The standard InChI is InChI=1S/C26H37ClN4O6/c1-25(2,3)36-20(32)10-9-19(22(28)33)31-15-17-16(23(31)34)7-8-18(21(17)27)29-11-13-30(14-12-29)24(35)37-26(4,5)6/h7-8,19H,9-15H2,1-6H3,(H2,28,33)/t19-/m0/s1. The molecule has 0 unspecified atom stereocenters. The molecule has 0 aliphatic carbocycles. The number of fused-ring (bicyclic) bond motifs is 1. The van der Waals surface area contributed by atoms with Gasteiger partial charge >= 0.3 is 12.1 Å². The fraction of sp³-hybridized carbons (Fsp3) is 0.615. The summed E-state index contributed by atoms with van der Waals surface area (Å²) in [5.74, 6) is -1.51. The first-order chi connectivity index (χ1) is 17.1. The smallest absolute Gasteiger partial charge is 0.410 e. The van der Waals surface area contributed by atoms with E-state index in [1.165, 1.54) is 4.90 Å². The second kappa shape index (κ2) is 10.8. The molecule has 0 spiro atoms. The quantitative estimate of drug-likeness (QED) is 0.553. The zero-order valence-corrected chi connectivity index (χ0v) is 23.2. The number of carbonyl (C=O) groups excluding carboxylic acids is 4. The van der Waals surface area contributed by atoms with Crippen molar-refractivity contribution in [1.29, 1.82) is 0 Å². The molecule has 204 valence electrons. The Morgan fingerprint density at radius 1 is 1.00 bits per heavy atom. The second-order valence-electron chi connectivity index (χ2n) is 11.4. The van der Waals surface area contributed by atoms with Gasteiger partial charge in [-0.05, 0) is 60.1 Å². The summed E-state index contributed by atoms with van der Waals surface area (Å²) in [4.78, 5) is 55.0. The highest BCUT2D eigenvalue weighted by Gasteiger charge is 2.38. The topological polar surface area (TPSA) is 122 Å². The molecule has 11 heteroatoms. The van der Waals surface area contributed by atoms with Gasteiger partial charge in [0.05, 0.1) is 10.7 Å². The first-order valence-corrected chi connectivity index (χ1v) is 12.8. The Labute approximate surface area is 223 Å². The van der Waals surface area contributed by atoms with Gasteiger partial charge < -0.3 is 29.9 Å². The highest BCUT2D eigenvalue weighted by Crippen LogP contribution is 2.38. The number of anilines is 1. The van der Waals surface area contributed by atoms with Gasteiger partial charge in [0, 0.05) is 50.3 Å². The van der Waals surface area contributed by atoms with Crippen LogP contribution in [0.4, 0.5) is 10.5 Å². The van der Waals surface area contributed by atoms with E-state index < -0.39 is 29.1 Å². The van der Waals surface area contributed by atoms with Crippen LogP contribution in [0.25, 0.3) is 0 Å². The van der Waals surface area contributed by atoms with Gasteiger partial charge in [-0.3, -0.25) is 14.4 Å². The number of esters is 1. The molecule has 2 N–H and O–H groups in total. The van der Waals surface area contributed by atoms with Crippen LogP contribution >= 0.6 is 11.6 Å². The van der Waals surface area contributed by atoms with Crippen molar-refractivity contribution in [3.63, 3.8) is 0 Å². The van der Waals surface area contributed by atoms with E-state index in [1.807, 2.05) is 20.8 Å². The predicted octanol–water partition coefficient (Wildman–Crippen LogP) is 3.33. The van der Waals surface area contributed by atoms with Crippen molar-refractivity contribution >= 4 is 41.2 Å². The van der Waals surface area contributed by atoms with Crippen LogP contribution in [0, 0.1) is 0 Å². The van der Waals surface area contributed by atoms with Crippen molar-refractivity contribution in [3.8, 4) is 0 Å². The third kappa shape index (κ3) is 7.06. The molecular weight excluding hydrogens is 500 g/mol. The molecule has 1 saturated heterocycles. The van der Waals surface area contributed by atoms with E-state index in [9.17, 15) is 19.2 Å². The van der Waals surface area contributed by atoms with Gasteiger partial charge in [0.2, 0.25) is 5.91 Å². The maximum atomic E-state index is 13.2. The first-order valence-electron chi connectivity index (χ1n) is 12.4. The molecule has 1 aromatic rings. The third-order valence-electron chi connectivity index (χ3n) is 6.06. The summed E-state index contributed by atoms with van der Waals surface area (Å²) in [5.41, 5.74) is 6.18. The first kappa shape index (κ1) is 28.6. The van der Waals surface area contributed by atoms with E-state index in [4.69, 9.17) is 26.8 Å². The number of primary amides is 1. The molecule has 3 rings (SSSR count). The molecule has 0 radical (unpaired) electrons. The van der Waals surface area contributed by atoms with Gasteiger partial charge in [-0.2, -0.15) is 0 Å². The Balaban J connectivity index is 1.70. The number of amides is 3. The van der Waals surface area contributed by atoms with E-state index in [1.54, 1.807) is 37.8 Å². The molecule has 3 amide bonds. The molecule has 2 aliphatic heterocycles. The minimum Gasteiger partial charge on any atom is -0.460 e. The molecule has 1 atom stereocenters. The largest absolute Gasteiger partial charge is 0.460 e. The number of benzene rings is 1. The van der Waals surface area contributed by atoms with Crippen LogP contribution in [0.15, 0.2) is 12.1 Å². The van der Waals surface area contributed by atoms with Crippen LogP contribution in [0.2, 0.25) is 5.02 Å². The zero-order chi connectivity index (χ0) is 27.7. The summed E-state index contributed by atoms with van der Waals surface area (Å²) < 4.78 is 10.8. The molecule has 2 aliphatic rings. The summed E-state index contributed by atoms with van der Waals surface area (Å²) in [6, 6.07) is 2.51. The number of piperazine rings is 1. The van der Waals surface area contributed by atoms with E-state index in [0.29, 0.717) is 42.3 Å². The van der Waals surface area contributed by atoms with Gasteiger partial charge in [0.1, 0.15) is 17.2 Å². The summed E-state index contributed by atoms with van der Waals surface area (Å²) in [6.45, 7) is 12.9. The summed E-state index contributed by atoms with van der Waals surface area (Å²) >= 11 is 6.77. The highest BCUT2D eigenvalue weighted by atomic mass is 35.5. The average molecular weight is 537 g/mol. The van der Waals surface area contributed by atoms with Crippen LogP contribution in [0.3, 0.4) is 0 Å². The maximum Gasteiger partial charge on any atom is 0.410 e. The number of nitrogens with zero attached hydrogens (tertiary/aromatic N) is 3. The van der Waals surface area contributed by atoms with Crippen LogP contribution in [0.1, 0.15) is 70.3 Å². The Morgan fingerprint density at radius 2 is 1.59 bits per heavy atom. The Hall–Kier alpha value is -3.01. The summed E-state index contributed by atoms with van der Waals surface area (Å²) in [6.07, 6.45) is -0.343. The Morgan fingerprint density at radius 3 is 2.14 bits per heavy atom. The van der Waals surface area contributed by atoms with Crippen LogP contribution in [0.5, 0.6) is 0 Å². The van der Waals surface area contributed by atoms with Crippen molar-refractivity contribution in [1.82, 2.24) is 9.80 Å². The molecular formula is C26H37ClN4O6. The van der Waals surface area contributed by atoms with Gasteiger partial charge in [0.15, 0.2) is 0 Å². The lowest BCUT2D eigenvalue weighted by atomic mass is 10.1. The number of halogens is 1. The normalized spacial score (nSPS) is 16.9. The monoisotopic (exact) mass is 536 g/mol. The van der Waals surface area contributed by atoms with Crippen molar-refractivity contribution < 1.29 is 28.7 Å². The molecule has 1 aromatic carbocycles. The van der Waals surface area contributed by atoms with Crippen molar-refractivity contribution in [2.45, 2.75) is 78.2 Å². The van der Waals surface area contributed by atoms with Crippen molar-refractivity contribution in [3.05, 3.63) is 28.3 Å². The maximum absolute atomic E-state index is 13.2. The minimum atomic E-state index is -0.968. The van der Waals surface area contributed by atoms with E-state index >= 15 is 0 Å². The van der Waals surface area contributed by atoms with Gasteiger partial charge in [-0.15, -0.1) is 0 Å². The van der Waals surface area contributed by atoms with Crippen molar-refractivity contribution in [2.24, 2.45) is 5.73 Å². The van der Waals surface area contributed by atoms with Gasteiger partial charge in [-0.25, -0.2) is 4.79 Å². The molecule has 2 heterocycles. The lowest BCUT2D eigenvalue weighted by Crippen LogP contribution is -2.50. The zero-order valence-electron chi connectivity index (χ0n) is 22.4. The molecule has 0 saturated carbocycles. The van der Waals surface area contributed by atoms with E-state index in [-0.39, 0.29) is 31.4 Å². The highest BCUT2D eigenvalue weighted by molar-refractivity contribution is 6.35. The molecule has 1 fully saturated rings. The fourth-order valence-electron chi connectivity index (χ4n) is 4.41. The number of carbonyl (C=O) groups is 4. The van der Waals surface area contributed by atoms with Crippen LogP contribution in [-0.2, 0) is 25.6 Å². The SMILES string of the molecule is CC(C)(C)OC(=O)CC[C@@H](C(N)=O)N1Cc2c(ccc(N3CCN(C(=O)OC(C)(C)C)CC3)c2Cl)C1=O. The van der Waals surface area contributed by atoms with E-state index in [0.717, 1.165) is 5.69 Å². The summed E-state index contributed by atoms with van der Waals surface area (Å²) in [5, 5.41) is 0.425. The van der Waals surface area contributed by atoms with Gasteiger partial charge in [-0.1, -0.05) is 11.6 Å². The molecule has 37 heavy (non-hydrogen) atoms. The lowest BCUT2D eigenvalue weighted by molar-refractivity contribution is -0.155. The van der Waals surface area contributed by atoms with Gasteiger partial charge in [0.25, 0.3) is 5.91 Å². The number of ether oxygens (including phenoxy) is 2. The Kier molecular flexibility index (Phi) is 8.31. The van der Waals surface area contributed by atoms with E-state index in [2.05, 4.69) is 4.90 Å². The Bertz CT molecular complexity index is 1070. The molecule has 10 nitrogen and oxygen atoms in total. The van der Waals surface area contributed by atoms with Crippen LogP contribution < -0.4 is 10.6 Å². The molecule has 0 bridgehead atoms. The number of nitrogens with two attached hydrogens (primary N) is 1. The minimum absolute atomic E-state index is 0.0497. The second-order valence-corrected chi connectivity index (χ2v) is 11.7. The summed E-state index contributed by atoms with van der Waals surface area (Å²) in [7, 11) is 0. The van der Waals surface area contributed by atoms with Crippen LogP contribution in [-0.4, -0.2) is 77.1 Å². The number of hydrogen-bond acceptors (Lipinski definition) is 7. The number of rotatable bonds is 6. The molecule has 0 aromatic heterocycles. The predicted molar refractivity (Wildman–Crippen MR) is 139 cm³/mol. The third-order valence-corrected chi connectivity index (χ3v) is 6.48.